The first-order valence-electron chi connectivity index (χ1n) is 5.20. The molecule has 0 aliphatic rings. The van der Waals surface area contributed by atoms with Gasteiger partial charge < -0.3 is 16.4 Å². The van der Waals surface area contributed by atoms with E-state index in [2.05, 4.69) is 10.6 Å². The van der Waals surface area contributed by atoms with Crippen LogP contribution in [0.5, 0.6) is 0 Å². The highest BCUT2D eigenvalue weighted by Gasteiger charge is 2.07. The Morgan fingerprint density at radius 1 is 1.13 bits per heavy atom. The minimum atomic E-state index is -0.190. The maximum atomic E-state index is 11.2. The first-order valence-corrected chi connectivity index (χ1v) is 5.20. The van der Waals surface area contributed by atoms with Crippen LogP contribution in [0.3, 0.4) is 0 Å². The van der Waals surface area contributed by atoms with E-state index >= 15 is 0 Å². The number of hydrogen-bond acceptors (Lipinski definition) is 3. The van der Waals surface area contributed by atoms with Crippen LogP contribution in [0.15, 0.2) is 0 Å². The molecule has 0 saturated heterocycles. The van der Waals surface area contributed by atoms with Crippen LogP contribution < -0.4 is 16.4 Å². The monoisotopic (exact) mass is 215 g/mol. The number of nitrogens with one attached hydrogen (secondary N) is 2. The molecule has 0 rings (SSSR count). The summed E-state index contributed by atoms with van der Waals surface area (Å²) in [5, 5.41) is 5.21. The predicted octanol–water partition coefficient (Wildman–Crippen LogP) is -0.388. The molecule has 0 spiro atoms. The summed E-state index contributed by atoms with van der Waals surface area (Å²) in [6.07, 6.45) is 0.247. The van der Waals surface area contributed by atoms with Crippen molar-refractivity contribution in [3.8, 4) is 0 Å². The van der Waals surface area contributed by atoms with Gasteiger partial charge in [0.05, 0.1) is 6.54 Å². The second kappa shape index (κ2) is 7.23. The normalized spacial score (nSPS) is 12.3. The first-order chi connectivity index (χ1) is 6.91. The Kier molecular flexibility index (Phi) is 6.70. The van der Waals surface area contributed by atoms with Gasteiger partial charge in [0.15, 0.2) is 0 Å². The molecule has 5 nitrogen and oxygen atoms in total. The molecule has 0 aliphatic carbocycles. The maximum Gasteiger partial charge on any atom is 0.239 e. The van der Waals surface area contributed by atoms with E-state index in [0.717, 1.165) is 0 Å². The molecule has 0 aromatic heterocycles. The molecule has 2 amide bonds. The second-order valence-corrected chi connectivity index (χ2v) is 4.16. The molecule has 88 valence electrons. The molecule has 0 saturated carbocycles. The van der Waals surface area contributed by atoms with Gasteiger partial charge in [-0.1, -0.05) is 13.8 Å². The molecule has 15 heavy (non-hydrogen) atoms. The molecule has 4 N–H and O–H groups in total. The van der Waals surface area contributed by atoms with Crippen molar-refractivity contribution in [1.82, 2.24) is 10.6 Å². The van der Waals surface area contributed by atoms with E-state index in [0.29, 0.717) is 12.5 Å². The van der Waals surface area contributed by atoms with Crippen LogP contribution in [0.2, 0.25) is 0 Å². The van der Waals surface area contributed by atoms with Crippen LogP contribution in [0.1, 0.15) is 27.2 Å². The van der Waals surface area contributed by atoms with E-state index in [1.54, 1.807) is 6.92 Å². The van der Waals surface area contributed by atoms with Gasteiger partial charge in [-0.15, -0.1) is 0 Å². The molecule has 0 radical (unpaired) electrons. The molecule has 0 heterocycles. The van der Waals surface area contributed by atoms with Crippen LogP contribution in [-0.2, 0) is 9.59 Å². The average Bonchev–Trinajstić information content (AvgIpc) is 2.10. The van der Waals surface area contributed by atoms with Crippen LogP contribution in [0, 0.1) is 5.92 Å². The number of carbonyl (C=O) groups is 2. The van der Waals surface area contributed by atoms with Crippen molar-refractivity contribution in [2.24, 2.45) is 11.7 Å². The number of nitrogens with two attached hydrogens (primary N) is 1. The van der Waals surface area contributed by atoms with Crippen molar-refractivity contribution in [2.75, 3.05) is 13.1 Å². The van der Waals surface area contributed by atoms with Gasteiger partial charge in [-0.3, -0.25) is 9.59 Å². The summed E-state index contributed by atoms with van der Waals surface area (Å²) in [6.45, 7) is 6.42. The number of hydrogen-bond donors (Lipinski definition) is 3. The molecule has 0 aromatic rings. The van der Waals surface area contributed by atoms with E-state index in [-0.39, 0.29) is 30.8 Å². The standard InChI is InChI=1S/C10H21N3O2/c1-7(2)5-12-10(15)6-13-9(14)4-8(3)11/h7-8H,4-6,11H2,1-3H3,(H,12,15)(H,13,14). The zero-order chi connectivity index (χ0) is 11.8. The van der Waals surface area contributed by atoms with E-state index < -0.39 is 0 Å². The predicted molar refractivity (Wildman–Crippen MR) is 59.1 cm³/mol. The van der Waals surface area contributed by atoms with Gasteiger partial charge in [-0.25, -0.2) is 0 Å². The molecule has 0 aromatic carbocycles. The first kappa shape index (κ1) is 13.9. The van der Waals surface area contributed by atoms with Crippen molar-refractivity contribution in [1.29, 1.82) is 0 Å². The Bertz CT molecular complexity index is 215. The van der Waals surface area contributed by atoms with Crippen molar-refractivity contribution >= 4 is 11.8 Å². The van der Waals surface area contributed by atoms with Crippen molar-refractivity contribution in [2.45, 2.75) is 33.2 Å². The highest BCUT2D eigenvalue weighted by atomic mass is 16.2. The Hall–Kier alpha value is -1.10. The molecular weight excluding hydrogens is 194 g/mol. The van der Waals surface area contributed by atoms with Gasteiger partial charge in [0, 0.05) is 19.0 Å². The minimum Gasteiger partial charge on any atom is -0.354 e. The third-order valence-corrected chi connectivity index (χ3v) is 1.66. The fourth-order valence-corrected chi connectivity index (χ4v) is 0.924. The third kappa shape index (κ3) is 9.21. The Balaban J connectivity index is 3.58. The van der Waals surface area contributed by atoms with Crippen LogP contribution in [-0.4, -0.2) is 30.9 Å². The molecule has 0 fully saturated rings. The van der Waals surface area contributed by atoms with E-state index in [1.807, 2.05) is 13.8 Å². The average molecular weight is 215 g/mol. The minimum absolute atomic E-state index is 0.0261. The van der Waals surface area contributed by atoms with Gasteiger partial charge in [0.25, 0.3) is 0 Å². The summed E-state index contributed by atoms with van der Waals surface area (Å²) in [5.41, 5.74) is 5.44. The summed E-state index contributed by atoms with van der Waals surface area (Å²) < 4.78 is 0. The summed E-state index contributed by atoms with van der Waals surface area (Å²) >= 11 is 0. The third-order valence-electron chi connectivity index (χ3n) is 1.66. The van der Waals surface area contributed by atoms with Gasteiger partial charge in [-0.05, 0) is 12.8 Å². The van der Waals surface area contributed by atoms with Crippen LogP contribution >= 0.6 is 0 Å². The van der Waals surface area contributed by atoms with Crippen molar-refractivity contribution in [3.05, 3.63) is 0 Å². The smallest absolute Gasteiger partial charge is 0.239 e. The lowest BCUT2D eigenvalue weighted by Crippen LogP contribution is -2.39. The van der Waals surface area contributed by atoms with Gasteiger partial charge >= 0.3 is 0 Å². The maximum absolute atomic E-state index is 11.2. The van der Waals surface area contributed by atoms with Gasteiger partial charge in [-0.2, -0.15) is 0 Å². The number of amides is 2. The summed E-state index contributed by atoms with van der Waals surface area (Å²) in [7, 11) is 0. The number of carbonyl (C=O) groups excluding carboxylic acids is 2. The fourth-order valence-electron chi connectivity index (χ4n) is 0.924. The van der Waals surface area contributed by atoms with E-state index in [1.165, 1.54) is 0 Å². The Morgan fingerprint density at radius 3 is 2.20 bits per heavy atom. The van der Waals surface area contributed by atoms with Crippen LogP contribution in [0.4, 0.5) is 0 Å². The molecule has 1 unspecified atom stereocenters. The SMILES string of the molecule is CC(C)CNC(=O)CNC(=O)CC(C)N. The molecule has 0 aliphatic heterocycles. The quantitative estimate of drug-likeness (QED) is 0.564. The van der Waals surface area contributed by atoms with E-state index in [4.69, 9.17) is 5.73 Å². The van der Waals surface area contributed by atoms with Crippen molar-refractivity contribution in [3.63, 3.8) is 0 Å². The molecule has 0 bridgehead atoms. The summed E-state index contributed by atoms with van der Waals surface area (Å²) in [4.78, 5) is 22.3. The lowest BCUT2D eigenvalue weighted by Gasteiger charge is -2.09. The van der Waals surface area contributed by atoms with E-state index in [9.17, 15) is 9.59 Å². The van der Waals surface area contributed by atoms with Crippen LogP contribution in [0.25, 0.3) is 0 Å². The largest absolute Gasteiger partial charge is 0.354 e. The second-order valence-electron chi connectivity index (χ2n) is 4.16. The summed E-state index contributed by atoms with van der Waals surface area (Å²) in [5.74, 6) is 0.0557. The van der Waals surface area contributed by atoms with Crippen molar-refractivity contribution < 1.29 is 9.59 Å². The number of rotatable bonds is 6. The van der Waals surface area contributed by atoms with Gasteiger partial charge in [0.1, 0.15) is 0 Å². The molecule has 1 atom stereocenters. The van der Waals surface area contributed by atoms with Gasteiger partial charge in [0.2, 0.25) is 11.8 Å². The zero-order valence-corrected chi connectivity index (χ0v) is 9.67. The Labute approximate surface area is 90.8 Å². The Morgan fingerprint density at radius 2 is 1.73 bits per heavy atom. The zero-order valence-electron chi connectivity index (χ0n) is 9.67. The highest BCUT2D eigenvalue weighted by molar-refractivity contribution is 5.84. The summed E-state index contributed by atoms with van der Waals surface area (Å²) in [6, 6.07) is -0.177. The highest BCUT2D eigenvalue weighted by Crippen LogP contribution is 1.87. The molecular formula is C10H21N3O2. The molecule has 5 heteroatoms. The lowest BCUT2D eigenvalue weighted by molar-refractivity contribution is -0.126. The fraction of sp³-hybridized carbons (Fsp3) is 0.800. The topological polar surface area (TPSA) is 84.2 Å². The lowest BCUT2D eigenvalue weighted by atomic mass is 10.2.